The van der Waals surface area contributed by atoms with Crippen molar-refractivity contribution in [2.75, 3.05) is 20.2 Å². The minimum absolute atomic E-state index is 0.00854. The lowest BCUT2D eigenvalue weighted by Gasteiger charge is -2.28. The second-order valence-electron chi connectivity index (χ2n) is 7.39. The van der Waals surface area contributed by atoms with Crippen LogP contribution < -0.4 is 0 Å². The number of benzene rings is 1. The molecule has 4 nitrogen and oxygen atoms in total. The van der Waals surface area contributed by atoms with E-state index in [1.54, 1.807) is 7.11 Å². The average Bonchev–Trinajstić information content (AvgIpc) is 2.82. The maximum Gasteiger partial charge on any atom is 0.173 e. The number of rotatable bonds is 3. The van der Waals surface area contributed by atoms with Crippen molar-refractivity contribution in [3.63, 3.8) is 0 Å². The second kappa shape index (κ2) is 7.22. The first-order valence-electron chi connectivity index (χ1n) is 9.05. The van der Waals surface area contributed by atoms with E-state index in [0.717, 1.165) is 48.2 Å². The highest BCUT2D eigenvalue weighted by Gasteiger charge is 2.40. The predicted octanol–water partition coefficient (Wildman–Crippen LogP) is 3.44. The predicted molar refractivity (Wildman–Crippen MR) is 97.4 cm³/mol. The molecule has 0 amide bonds. The van der Waals surface area contributed by atoms with Gasteiger partial charge in [-0.1, -0.05) is 23.8 Å². The molecule has 134 valence electrons. The van der Waals surface area contributed by atoms with Gasteiger partial charge in [-0.3, -0.25) is 9.59 Å². The molecule has 3 rings (SSSR count). The molecule has 1 atom stereocenters. The zero-order chi connectivity index (χ0) is 18.1. The number of aryl methyl sites for hydroxylation is 3. The molecule has 4 heteroatoms. The molecule has 0 spiro atoms. The van der Waals surface area contributed by atoms with Crippen LogP contribution in [-0.2, 0) is 14.4 Å². The Bertz CT molecular complexity index is 704. The van der Waals surface area contributed by atoms with Crippen molar-refractivity contribution in [1.29, 1.82) is 0 Å². The lowest BCUT2D eigenvalue weighted by Crippen LogP contribution is -2.32. The molecule has 25 heavy (non-hydrogen) atoms. The van der Waals surface area contributed by atoms with E-state index < -0.39 is 5.92 Å². The molecule has 2 aliphatic rings. The van der Waals surface area contributed by atoms with E-state index >= 15 is 0 Å². The van der Waals surface area contributed by atoms with E-state index in [2.05, 4.69) is 18.2 Å². The zero-order valence-electron chi connectivity index (χ0n) is 15.6. The van der Waals surface area contributed by atoms with Gasteiger partial charge in [0.2, 0.25) is 0 Å². The maximum atomic E-state index is 13.0. The Morgan fingerprint density at radius 2 is 1.68 bits per heavy atom. The highest BCUT2D eigenvalue weighted by Crippen LogP contribution is 2.37. The van der Waals surface area contributed by atoms with Crippen LogP contribution in [0.3, 0.4) is 0 Å². The largest absolute Gasteiger partial charge is 0.302 e. The number of nitrogens with zero attached hydrogens (tertiary/aromatic N) is 1. The van der Waals surface area contributed by atoms with E-state index in [1.165, 1.54) is 0 Å². The van der Waals surface area contributed by atoms with Gasteiger partial charge in [-0.05, 0) is 61.8 Å². The fourth-order valence-corrected chi connectivity index (χ4v) is 4.30. The molecule has 1 aromatic carbocycles. The van der Waals surface area contributed by atoms with Crippen LogP contribution in [0.15, 0.2) is 23.8 Å². The van der Waals surface area contributed by atoms with Crippen molar-refractivity contribution in [3.05, 3.63) is 46.0 Å². The number of carbonyl (C=O) groups excluding carboxylic acids is 2. The third-order valence-corrected chi connectivity index (χ3v) is 5.49. The first-order valence-corrected chi connectivity index (χ1v) is 9.05. The van der Waals surface area contributed by atoms with Crippen molar-refractivity contribution in [3.8, 4) is 0 Å². The Morgan fingerprint density at radius 3 is 2.24 bits per heavy atom. The van der Waals surface area contributed by atoms with Crippen molar-refractivity contribution in [2.45, 2.75) is 46.0 Å². The van der Waals surface area contributed by atoms with E-state index in [4.69, 9.17) is 4.84 Å². The Balaban J connectivity index is 1.83. The molecule has 0 N–H and O–H groups in total. The molecule has 1 aliphatic carbocycles. The standard InChI is InChI=1S/C21H27NO3/c1-13-9-14(2)19(15(3)10-13)20-18(23)12-17(21(20)24)11-16-5-7-22(25-4)8-6-16/h9-11,16,20H,5-8,12H2,1-4H3. The molecule has 1 unspecified atom stereocenters. The van der Waals surface area contributed by atoms with Gasteiger partial charge in [0.1, 0.15) is 5.92 Å². The van der Waals surface area contributed by atoms with E-state index in [0.29, 0.717) is 11.5 Å². The normalized spacial score (nSPS) is 24.5. The number of ketones is 2. The summed E-state index contributed by atoms with van der Waals surface area (Å²) in [7, 11) is 1.69. The van der Waals surface area contributed by atoms with Crippen LogP contribution in [0, 0.1) is 26.7 Å². The summed E-state index contributed by atoms with van der Waals surface area (Å²) in [6.45, 7) is 7.77. The summed E-state index contributed by atoms with van der Waals surface area (Å²) in [5.74, 6) is -0.196. The number of hydroxylamine groups is 2. The second-order valence-corrected chi connectivity index (χ2v) is 7.39. The van der Waals surface area contributed by atoms with Gasteiger partial charge >= 0.3 is 0 Å². The summed E-state index contributed by atoms with van der Waals surface area (Å²) in [4.78, 5) is 30.9. The molecular formula is C21H27NO3. The number of piperidine rings is 1. The van der Waals surface area contributed by atoms with E-state index in [-0.39, 0.29) is 18.0 Å². The van der Waals surface area contributed by atoms with Gasteiger partial charge in [0.15, 0.2) is 11.6 Å². The minimum Gasteiger partial charge on any atom is -0.302 e. The molecule has 1 saturated carbocycles. The summed E-state index contributed by atoms with van der Waals surface area (Å²) >= 11 is 0. The summed E-state index contributed by atoms with van der Waals surface area (Å²) in [6.07, 6.45) is 4.27. The van der Waals surface area contributed by atoms with Crippen LogP contribution in [0.1, 0.15) is 47.4 Å². The van der Waals surface area contributed by atoms with Crippen LogP contribution in [0.25, 0.3) is 0 Å². The molecule has 1 aliphatic heterocycles. The summed E-state index contributed by atoms with van der Waals surface area (Å²) < 4.78 is 0. The number of hydrogen-bond donors (Lipinski definition) is 0. The monoisotopic (exact) mass is 341 g/mol. The maximum absolute atomic E-state index is 13.0. The summed E-state index contributed by atoms with van der Waals surface area (Å²) in [5.41, 5.74) is 4.87. The van der Waals surface area contributed by atoms with Crippen LogP contribution in [0.2, 0.25) is 0 Å². The molecule has 1 aromatic rings. The lowest BCUT2D eigenvalue weighted by molar-refractivity contribution is -0.145. The molecule has 2 fully saturated rings. The van der Waals surface area contributed by atoms with Crippen LogP contribution in [0.4, 0.5) is 0 Å². The van der Waals surface area contributed by atoms with Gasteiger partial charge in [-0.25, -0.2) is 0 Å². The topological polar surface area (TPSA) is 46.6 Å². The first-order chi connectivity index (χ1) is 11.9. The molecular weight excluding hydrogens is 314 g/mol. The van der Waals surface area contributed by atoms with Crippen LogP contribution in [0.5, 0.6) is 0 Å². The molecule has 0 radical (unpaired) electrons. The molecule has 1 saturated heterocycles. The molecule has 0 bridgehead atoms. The van der Waals surface area contributed by atoms with Crippen molar-refractivity contribution >= 4 is 11.6 Å². The Labute approximate surface area is 149 Å². The van der Waals surface area contributed by atoms with Gasteiger partial charge < -0.3 is 4.84 Å². The Hall–Kier alpha value is -1.78. The Morgan fingerprint density at radius 1 is 1.08 bits per heavy atom. The Kier molecular flexibility index (Phi) is 5.21. The highest BCUT2D eigenvalue weighted by molar-refractivity contribution is 6.23. The average molecular weight is 341 g/mol. The third-order valence-electron chi connectivity index (χ3n) is 5.49. The molecule has 0 aromatic heterocycles. The third kappa shape index (κ3) is 3.60. The fraction of sp³-hybridized carbons (Fsp3) is 0.524. The first kappa shape index (κ1) is 18.0. The van der Waals surface area contributed by atoms with Crippen LogP contribution in [-0.4, -0.2) is 36.8 Å². The van der Waals surface area contributed by atoms with Gasteiger partial charge in [0.25, 0.3) is 0 Å². The van der Waals surface area contributed by atoms with Gasteiger partial charge in [0, 0.05) is 19.5 Å². The number of carbonyl (C=O) groups is 2. The molecule has 1 heterocycles. The minimum atomic E-state index is -0.606. The number of allylic oxidation sites excluding steroid dienone is 2. The smallest absolute Gasteiger partial charge is 0.173 e. The van der Waals surface area contributed by atoms with E-state index in [9.17, 15) is 9.59 Å². The van der Waals surface area contributed by atoms with Gasteiger partial charge in [0.05, 0.1) is 7.11 Å². The highest BCUT2D eigenvalue weighted by atomic mass is 16.7. The SMILES string of the molecule is CON1CCC(C=C2CC(=O)C(c3c(C)cc(C)cc3C)C2=O)CC1. The van der Waals surface area contributed by atoms with Gasteiger partial charge in [-0.15, -0.1) is 0 Å². The van der Waals surface area contributed by atoms with Crippen molar-refractivity contribution < 1.29 is 14.4 Å². The van der Waals surface area contributed by atoms with Crippen molar-refractivity contribution in [2.24, 2.45) is 5.92 Å². The van der Waals surface area contributed by atoms with Gasteiger partial charge in [-0.2, -0.15) is 5.06 Å². The van der Waals surface area contributed by atoms with Crippen LogP contribution >= 0.6 is 0 Å². The summed E-state index contributed by atoms with van der Waals surface area (Å²) in [6, 6.07) is 4.12. The summed E-state index contributed by atoms with van der Waals surface area (Å²) in [5, 5.41) is 1.94. The number of hydrogen-bond acceptors (Lipinski definition) is 4. The lowest BCUT2D eigenvalue weighted by atomic mass is 9.86. The number of Topliss-reactive ketones (excluding diaryl/α,β-unsaturated/α-hetero) is 2. The fourth-order valence-electron chi connectivity index (χ4n) is 4.30. The zero-order valence-corrected chi connectivity index (χ0v) is 15.6. The van der Waals surface area contributed by atoms with E-state index in [1.807, 2.05) is 25.8 Å². The quantitative estimate of drug-likeness (QED) is 0.624. The van der Waals surface area contributed by atoms with Crippen molar-refractivity contribution in [1.82, 2.24) is 5.06 Å².